The number of H-pyrrole nitrogens is 1. The van der Waals surface area contributed by atoms with Crippen molar-refractivity contribution in [3.8, 4) is 6.07 Å². The summed E-state index contributed by atoms with van der Waals surface area (Å²) in [6, 6.07) is 4.33. The first-order valence-electron chi connectivity index (χ1n) is 3.87. The molecule has 1 aromatic heterocycles. The van der Waals surface area contributed by atoms with Gasteiger partial charge < -0.3 is 4.98 Å². The van der Waals surface area contributed by atoms with E-state index in [9.17, 15) is 8.78 Å². The Morgan fingerprint density at radius 1 is 1.43 bits per heavy atom. The average molecular weight is 193 g/mol. The molecule has 0 aliphatic heterocycles. The first kappa shape index (κ1) is 8.63. The van der Waals surface area contributed by atoms with E-state index < -0.39 is 6.43 Å². The van der Waals surface area contributed by atoms with Crippen LogP contribution in [0.5, 0.6) is 0 Å². The van der Waals surface area contributed by atoms with E-state index in [0.717, 1.165) is 0 Å². The number of hydrogen-bond acceptors (Lipinski definition) is 2. The molecular weight excluding hydrogens is 188 g/mol. The zero-order valence-corrected chi connectivity index (χ0v) is 6.96. The number of nitrogens with zero attached hydrogens (tertiary/aromatic N) is 2. The monoisotopic (exact) mass is 193 g/mol. The molecule has 0 spiro atoms. The number of nitrogens with one attached hydrogen (secondary N) is 1. The molecule has 0 bridgehead atoms. The molecule has 0 fully saturated rings. The molecule has 1 aromatic carbocycles. The van der Waals surface area contributed by atoms with Gasteiger partial charge in [-0.25, -0.2) is 13.8 Å². The van der Waals surface area contributed by atoms with Gasteiger partial charge in [0.05, 0.1) is 29.0 Å². The molecule has 0 aliphatic carbocycles. The Morgan fingerprint density at radius 3 is 2.86 bits per heavy atom. The largest absolute Gasteiger partial charge is 0.345 e. The third kappa shape index (κ3) is 1.21. The lowest BCUT2D eigenvalue weighted by Crippen LogP contribution is -1.90. The second-order valence-electron chi connectivity index (χ2n) is 2.77. The molecule has 70 valence electrons. The van der Waals surface area contributed by atoms with E-state index >= 15 is 0 Å². The average Bonchev–Trinajstić information content (AvgIpc) is 2.62. The van der Waals surface area contributed by atoms with Crippen molar-refractivity contribution in [1.29, 1.82) is 5.26 Å². The highest BCUT2D eigenvalue weighted by Gasteiger charge is 2.14. The van der Waals surface area contributed by atoms with Gasteiger partial charge in [-0.2, -0.15) is 5.26 Å². The molecule has 0 atom stereocenters. The van der Waals surface area contributed by atoms with Crippen LogP contribution in [0.15, 0.2) is 18.5 Å². The first-order valence-corrected chi connectivity index (χ1v) is 3.87. The quantitative estimate of drug-likeness (QED) is 0.755. The van der Waals surface area contributed by atoms with Crippen LogP contribution in [0.3, 0.4) is 0 Å². The zero-order chi connectivity index (χ0) is 10.1. The van der Waals surface area contributed by atoms with E-state index in [1.165, 1.54) is 18.5 Å². The Bertz CT molecular complexity index is 510. The Balaban J connectivity index is 2.74. The van der Waals surface area contributed by atoms with Crippen LogP contribution in [0.25, 0.3) is 11.0 Å². The van der Waals surface area contributed by atoms with Crippen molar-refractivity contribution in [1.82, 2.24) is 9.97 Å². The van der Waals surface area contributed by atoms with Crippen molar-refractivity contribution in [2.75, 3.05) is 0 Å². The van der Waals surface area contributed by atoms with Gasteiger partial charge in [-0.1, -0.05) is 0 Å². The van der Waals surface area contributed by atoms with E-state index in [1.807, 2.05) is 0 Å². The number of aromatic amines is 1. The number of halogens is 2. The fraction of sp³-hybridized carbons (Fsp3) is 0.111. The fourth-order valence-corrected chi connectivity index (χ4v) is 1.28. The Labute approximate surface area is 78.0 Å². The van der Waals surface area contributed by atoms with Crippen LogP contribution in [-0.4, -0.2) is 9.97 Å². The molecule has 14 heavy (non-hydrogen) atoms. The van der Waals surface area contributed by atoms with E-state index in [0.29, 0.717) is 11.0 Å². The maximum Gasteiger partial charge on any atom is 0.265 e. The summed E-state index contributed by atoms with van der Waals surface area (Å²) >= 11 is 0. The summed E-state index contributed by atoms with van der Waals surface area (Å²) in [7, 11) is 0. The predicted molar refractivity (Wildman–Crippen MR) is 45.8 cm³/mol. The maximum absolute atomic E-state index is 12.5. The van der Waals surface area contributed by atoms with E-state index in [-0.39, 0.29) is 11.1 Å². The van der Waals surface area contributed by atoms with Crippen LogP contribution in [0, 0.1) is 11.3 Å². The Morgan fingerprint density at radius 2 is 2.21 bits per heavy atom. The van der Waals surface area contributed by atoms with Gasteiger partial charge in [-0.3, -0.25) is 0 Å². The lowest BCUT2D eigenvalue weighted by molar-refractivity contribution is 0.151. The highest BCUT2D eigenvalue weighted by Crippen LogP contribution is 2.25. The fourth-order valence-electron chi connectivity index (χ4n) is 1.28. The minimum absolute atomic E-state index is 0.0281. The van der Waals surface area contributed by atoms with Gasteiger partial charge in [0.2, 0.25) is 0 Å². The number of rotatable bonds is 1. The summed E-state index contributed by atoms with van der Waals surface area (Å²) in [6.45, 7) is 0. The molecule has 0 saturated carbocycles. The summed E-state index contributed by atoms with van der Waals surface area (Å²) in [5.74, 6) is 0. The molecule has 0 unspecified atom stereocenters. The second kappa shape index (κ2) is 3.07. The molecule has 0 saturated heterocycles. The van der Waals surface area contributed by atoms with Gasteiger partial charge in [0.25, 0.3) is 6.43 Å². The van der Waals surface area contributed by atoms with Crippen molar-refractivity contribution >= 4 is 11.0 Å². The standard InChI is InChI=1S/C9H5F2N3/c10-9(11)6-2-8-7(13-4-14-8)1-5(6)3-12/h1-2,4,9H,(H,13,14). The highest BCUT2D eigenvalue weighted by atomic mass is 19.3. The van der Waals surface area contributed by atoms with Crippen LogP contribution >= 0.6 is 0 Å². The van der Waals surface area contributed by atoms with Crippen molar-refractivity contribution in [3.05, 3.63) is 29.6 Å². The van der Waals surface area contributed by atoms with E-state index in [4.69, 9.17) is 5.26 Å². The first-order chi connectivity index (χ1) is 6.72. The van der Waals surface area contributed by atoms with Crippen LogP contribution < -0.4 is 0 Å². The predicted octanol–water partition coefficient (Wildman–Crippen LogP) is 2.37. The van der Waals surface area contributed by atoms with Gasteiger partial charge in [-0.15, -0.1) is 0 Å². The topological polar surface area (TPSA) is 52.5 Å². The molecule has 2 rings (SSSR count). The van der Waals surface area contributed by atoms with E-state index in [1.54, 1.807) is 6.07 Å². The number of fused-ring (bicyclic) bond motifs is 1. The van der Waals surface area contributed by atoms with Gasteiger partial charge in [0, 0.05) is 5.56 Å². The van der Waals surface area contributed by atoms with Crippen LogP contribution in [0.4, 0.5) is 8.78 Å². The molecule has 0 aliphatic rings. The molecule has 1 N–H and O–H groups in total. The third-order valence-electron chi connectivity index (χ3n) is 1.95. The number of hydrogen-bond donors (Lipinski definition) is 1. The SMILES string of the molecule is N#Cc1cc2nc[nH]c2cc1C(F)F. The number of imidazole rings is 1. The summed E-state index contributed by atoms with van der Waals surface area (Å²) in [6.07, 6.45) is -1.24. The molecule has 0 amide bonds. The molecule has 2 aromatic rings. The lowest BCUT2D eigenvalue weighted by Gasteiger charge is -2.01. The molecule has 0 radical (unpaired) electrons. The third-order valence-corrected chi connectivity index (χ3v) is 1.95. The summed E-state index contributed by atoms with van der Waals surface area (Å²) in [4.78, 5) is 6.59. The van der Waals surface area contributed by atoms with Gasteiger partial charge in [0.1, 0.15) is 0 Å². The minimum atomic E-state index is -2.64. The lowest BCUT2D eigenvalue weighted by atomic mass is 10.1. The van der Waals surface area contributed by atoms with Crippen molar-refractivity contribution in [2.24, 2.45) is 0 Å². The van der Waals surface area contributed by atoms with Crippen LogP contribution in [0.2, 0.25) is 0 Å². The van der Waals surface area contributed by atoms with Gasteiger partial charge in [0.15, 0.2) is 0 Å². The summed E-state index contributed by atoms with van der Waals surface area (Å²) in [5.41, 5.74) is 0.745. The molecule has 1 heterocycles. The van der Waals surface area contributed by atoms with Gasteiger partial charge >= 0.3 is 0 Å². The molecule has 5 heteroatoms. The Hall–Kier alpha value is -1.96. The van der Waals surface area contributed by atoms with Crippen molar-refractivity contribution < 1.29 is 8.78 Å². The molecule has 3 nitrogen and oxygen atoms in total. The zero-order valence-electron chi connectivity index (χ0n) is 6.96. The normalized spacial score (nSPS) is 10.7. The van der Waals surface area contributed by atoms with Crippen molar-refractivity contribution in [2.45, 2.75) is 6.43 Å². The number of alkyl halides is 2. The minimum Gasteiger partial charge on any atom is -0.345 e. The van der Waals surface area contributed by atoms with Gasteiger partial charge in [-0.05, 0) is 12.1 Å². The molecular formula is C9H5F2N3. The maximum atomic E-state index is 12.5. The number of benzene rings is 1. The highest BCUT2D eigenvalue weighted by molar-refractivity contribution is 5.77. The van der Waals surface area contributed by atoms with Crippen LogP contribution in [0.1, 0.15) is 17.6 Å². The van der Waals surface area contributed by atoms with E-state index in [2.05, 4.69) is 9.97 Å². The Kier molecular flexibility index (Phi) is 1.89. The smallest absolute Gasteiger partial charge is 0.265 e. The summed E-state index contributed by atoms with van der Waals surface area (Å²) in [5, 5.41) is 8.64. The second-order valence-corrected chi connectivity index (χ2v) is 2.77. The number of nitriles is 1. The van der Waals surface area contributed by atoms with Crippen molar-refractivity contribution in [3.63, 3.8) is 0 Å². The number of aromatic nitrogens is 2. The summed E-state index contributed by atoms with van der Waals surface area (Å²) < 4.78 is 24.9. The van der Waals surface area contributed by atoms with Crippen LogP contribution in [-0.2, 0) is 0 Å².